The Morgan fingerprint density at radius 3 is 2.64 bits per heavy atom. The van der Waals surface area contributed by atoms with Gasteiger partial charge in [0.05, 0.1) is 7.11 Å². The molecule has 0 fully saturated rings. The van der Waals surface area contributed by atoms with Gasteiger partial charge < -0.3 is 9.84 Å². The van der Waals surface area contributed by atoms with Crippen LogP contribution in [0, 0.1) is 18.3 Å². The maximum atomic E-state index is 9.79. The molecule has 1 unspecified atom stereocenters. The van der Waals surface area contributed by atoms with E-state index < -0.39 is 5.60 Å². The predicted octanol–water partition coefficient (Wildman–Crippen LogP) is 1.73. The van der Waals surface area contributed by atoms with Gasteiger partial charge in [-0.3, -0.25) is 0 Å². The van der Waals surface area contributed by atoms with Crippen molar-refractivity contribution in [3.8, 4) is 11.8 Å². The summed E-state index contributed by atoms with van der Waals surface area (Å²) in [5.74, 6) is 0.530. The highest BCUT2D eigenvalue weighted by Crippen LogP contribution is 2.29. The summed E-state index contributed by atoms with van der Waals surface area (Å²) in [6, 6.07) is 7.20. The Morgan fingerprint density at radius 1 is 1.50 bits per heavy atom. The van der Waals surface area contributed by atoms with Crippen molar-refractivity contribution in [3.63, 3.8) is 0 Å². The van der Waals surface area contributed by atoms with Gasteiger partial charge in [0.15, 0.2) is 5.60 Å². The highest BCUT2D eigenvalue weighted by molar-refractivity contribution is 5.43. The van der Waals surface area contributed by atoms with Crippen LogP contribution < -0.4 is 4.74 Å². The lowest BCUT2D eigenvalue weighted by Crippen LogP contribution is -2.19. The molecule has 0 radical (unpaired) electrons. The van der Waals surface area contributed by atoms with Gasteiger partial charge in [0.1, 0.15) is 11.8 Å². The molecular formula is C11H13NO2. The molecule has 1 rings (SSSR count). The summed E-state index contributed by atoms with van der Waals surface area (Å²) in [4.78, 5) is 0. The summed E-state index contributed by atoms with van der Waals surface area (Å²) < 4.78 is 5.08. The predicted molar refractivity (Wildman–Crippen MR) is 52.9 cm³/mol. The fourth-order valence-electron chi connectivity index (χ4n) is 1.26. The van der Waals surface area contributed by atoms with E-state index in [1.807, 2.05) is 19.1 Å². The van der Waals surface area contributed by atoms with Crippen LogP contribution in [0.3, 0.4) is 0 Å². The van der Waals surface area contributed by atoms with Crippen LogP contribution in [0.15, 0.2) is 18.2 Å². The van der Waals surface area contributed by atoms with Gasteiger partial charge in [-0.05, 0) is 26.0 Å². The summed E-state index contributed by atoms with van der Waals surface area (Å²) in [6.07, 6.45) is 0. The Kier molecular flexibility index (Phi) is 2.78. The Balaban J connectivity index is 3.32. The molecule has 74 valence electrons. The highest BCUT2D eigenvalue weighted by Gasteiger charge is 2.26. The van der Waals surface area contributed by atoms with Gasteiger partial charge in [-0.1, -0.05) is 11.6 Å². The lowest BCUT2D eigenvalue weighted by atomic mass is 9.95. The standard InChI is InChI=1S/C11H13NO2/c1-8-4-5-10(14-3)9(6-8)11(2,13)7-12/h4-6,13H,1-3H3. The molecule has 0 aliphatic rings. The third kappa shape index (κ3) is 1.86. The van der Waals surface area contributed by atoms with Crippen LogP contribution in [-0.2, 0) is 5.60 Å². The monoisotopic (exact) mass is 191 g/mol. The summed E-state index contributed by atoms with van der Waals surface area (Å²) in [7, 11) is 1.52. The molecule has 0 bridgehead atoms. The number of nitrogens with zero attached hydrogens (tertiary/aromatic N) is 1. The number of nitriles is 1. The zero-order chi connectivity index (χ0) is 10.8. The molecule has 14 heavy (non-hydrogen) atoms. The number of hydrogen-bond donors (Lipinski definition) is 1. The molecule has 0 saturated carbocycles. The highest BCUT2D eigenvalue weighted by atomic mass is 16.5. The van der Waals surface area contributed by atoms with Crippen molar-refractivity contribution in [1.82, 2.24) is 0 Å². The third-order valence-corrected chi connectivity index (χ3v) is 2.10. The number of aliphatic hydroxyl groups is 1. The molecule has 0 heterocycles. The van der Waals surface area contributed by atoms with Crippen molar-refractivity contribution < 1.29 is 9.84 Å². The normalized spacial score (nSPS) is 14.2. The van der Waals surface area contributed by atoms with E-state index >= 15 is 0 Å². The molecule has 0 aliphatic heterocycles. The van der Waals surface area contributed by atoms with Crippen LogP contribution in [0.25, 0.3) is 0 Å². The maximum Gasteiger partial charge on any atom is 0.177 e. The van der Waals surface area contributed by atoms with Gasteiger partial charge in [-0.15, -0.1) is 0 Å². The summed E-state index contributed by atoms with van der Waals surface area (Å²) in [6.45, 7) is 3.35. The summed E-state index contributed by atoms with van der Waals surface area (Å²) >= 11 is 0. The van der Waals surface area contributed by atoms with Gasteiger partial charge in [-0.2, -0.15) is 5.26 Å². The minimum Gasteiger partial charge on any atom is -0.496 e. The van der Waals surface area contributed by atoms with Crippen molar-refractivity contribution in [2.24, 2.45) is 0 Å². The van der Waals surface area contributed by atoms with E-state index in [0.29, 0.717) is 11.3 Å². The van der Waals surface area contributed by atoms with Crippen LogP contribution >= 0.6 is 0 Å². The van der Waals surface area contributed by atoms with Gasteiger partial charge in [0.2, 0.25) is 0 Å². The number of hydrogen-bond acceptors (Lipinski definition) is 3. The second-order valence-electron chi connectivity index (χ2n) is 3.39. The van der Waals surface area contributed by atoms with Crippen LogP contribution in [0.5, 0.6) is 5.75 Å². The first kappa shape index (κ1) is 10.6. The molecule has 0 aromatic heterocycles. The number of rotatable bonds is 2. The van der Waals surface area contributed by atoms with Crippen LogP contribution in [0.2, 0.25) is 0 Å². The summed E-state index contributed by atoms with van der Waals surface area (Å²) in [5.41, 5.74) is -0.0176. The van der Waals surface area contributed by atoms with E-state index in [4.69, 9.17) is 10.00 Å². The Hall–Kier alpha value is -1.53. The molecule has 3 nitrogen and oxygen atoms in total. The third-order valence-electron chi connectivity index (χ3n) is 2.10. The minimum absolute atomic E-state index is 0.502. The SMILES string of the molecule is COc1ccc(C)cc1C(C)(O)C#N. The first-order valence-corrected chi connectivity index (χ1v) is 4.30. The van der Waals surface area contributed by atoms with Gasteiger partial charge in [0.25, 0.3) is 0 Å². The molecule has 0 amide bonds. The molecule has 1 aromatic rings. The maximum absolute atomic E-state index is 9.79. The minimum atomic E-state index is -1.50. The van der Waals surface area contributed by atoms with Crippen molar-refractivity contribution >= 4 is 0 Å². The smallest absolute Gasteiger partial charge is 0.177 e. The van der Waals surface area contributed by atoms with E-state index in [-0.39, 0.29) is 0 Å². The van der Waals surface area contributed by atoms with Crippen LogP contribution in [0.4, 0.5) is 0 Å². The Bertz CT molecular complexity index is 377. The van der Waals surface area contributed by atoms with E-state index in [2.05, 4.69) is 0 Å². The molecular weight excluding hydrogens is 178 g/mol. The lowest BCUT2D eigenvalue weighted by molar-refractivity contribution is 0.116. The van der Waals surface area contributed by atoms with Crippen LogP contribution in [-0.4, -0.2) is 12.2 Å². The van der Waals surface area contributed by atoms with E-state index in [1.165, 1.54) is 14.0 Å². The second-order valence-corrected chi connectivity index (χ2v) is 3.39. The quantitative estimate of drug-likeness (QED) is 0.724. The average molecular weight is 191 g/mol. The Labute approximate surface area is 83.6 Å². The molecule has 1 atom stereocenters. The molecule has 0 saturated heterocycles. The van der Waals surface area contributed by atoms with Crippen molar-refractivity contribution in [3.05, 3.63) is 29.3 Å². The molecule has 1 N–H and O–H groups in total. The molecule has 0 aliphatic carbocycles. The lowest BCUT2D eigenvalue weighted by Gasteiger charge is -2.18. The molecule has 3 heteroatoms. The number of methoxy groups -OCH3 is 1. The van der Waals surface area contributed by atoms with Crippen LogP contribution in [0.1, 0.15) is 18.1 Å². The summed E-state index contributed by atoms with van der Waals surface area (Å²) in [5, 5.41) is 18.6. The zero-order valence-corrected chi connectivity index (χ0v) is 8.53. The topological polar surface area (TPSA) is 53.2 Å². The first-order valence-electron chi connectivity index (χ1n) is 4.30. The molecule has 1 aromatic carbocycles. The molecule has 0 spiro atoms. The van der Waals surface area contributed by atoms with Crippen molar-refractivity contribution in [1.29, 1.82) is 5.26 Å². The number of benzene rings is 1. The largest absolute Gasteiger partial charge is 0.496 e. The van der Waals surface area contributed by atoms with E-state index in [9.17, 15) is 5.11 Å². The average Bonchev–Trinajstić information content (AvgIpc) is 2.18. The van der Waals surface area contributed by atoms with Gasteiger partial charge >= 0.3 is 0 Å². The number of ether oxygens (including phenoxy) is 1. The van der Waals surface area contributed by atoms with Gasteiger partial charge in [-0.25, -0.2) is 0 Å². The van der Waals surface area contributed by atoms with Crippen molar-refractivity contribution in [2.75, 3.05) is 7.11 Å². The fraction of sp³-hybridized carbons (Fsp3) is 0.364. The van der Waals surface area contributed by atoms with E-state index in [1.54, 1.807) is 12.1 Å². The first-order chi connectivity index (χ1) is 6.51. The zero-order valence-electron chi connectivity index (χ0n) is 8.53. The van der Waals surface area contributed by atoms with E-state index in [0.717, 1.165) is 5.56 Å². The van der Waals surface area contributed by atoms with Crippen molar-refractivity contribution in [2.45, 2.75) is 19.4 Å². The number of aryl methyl sites for hydroxylation is 1. The van der Waals surface area contributed by atoms with Gasteiger partial charge in [0, 0.05) is 5.56 Å². The fourth-order valence-corrected chi connectivity index (χ4v) is 1.26. The second kappa shape index (κ2) is 3.69. The Morgan fingerprint density at radius 2 is 2.14 bits per heavy atom.